The molecule has 0 aliphatic carbocycles. The number of fused-ring (bicyclic) bond motifs is 1. The van der Waals surface area contributed by atoms with E-state index in [1.165, 1.54) is 0 Å². The van der Waals surface area contributed by atoms with Crippen LogP contribution in [0.4, 0.5) is 5.69 Å². The van der Waals surface area contributed by atoms with Crippen molar-refractivity contribution in [1.29, 1.82) is 0 Å². The van der Waals surface area contributed by atoms with Gasteiger partial charge in [-0.15, -0.1) is 0 Å². The van der Waals surface area contributed by atoms with Crippen LogP contribution in [-0.4, -0.2) is 12.9 Å². The zero-order chi connectivity index (χ0) is 10.1. The first kappa shape index (κ1) is 8.99. The summed E-state index contributed by atoms with van der Waals surface area (Å²) >= 11 is 0. The molecule has 2 rings (SSSR count). The van der Waals surface area contributed by atoms with Gasteiger partial charge in [0.1, 0.15) is 5.75 Å². The van der Waals surface area contributed by atoms with Gasteiger partial charge < -0.3 is 19.9 Å². The summed E-state index contributed by atoms with van der Waals surface area (Å²) < 4.78 is 15.9. The van der Waals surface area contributed by atoms with Crippen LogP contribution in [0.15, 0.2) is 12.1 Å². The predicted molar refractivity (Wildman–Crippen MR) is 52.7 cm³/mol. The van der Waals surface area contributed by atoms with E-state index in [-0.39, 0.29) is 12.9 Å². The second-order valence-corrected chi connectivity index (χ2v) is 3.41. The van der Waals surface area contributed by atoms with E-state index in [1.807, 2.05) is 13.8 Å². The molecule has 0 bridgehead atoms. The molecule has 1 aliphatic rings. The van der Waals surface area contributed by atoms with E-state index in [0.29, 0.717) is 22.9 Å². The first-order valence-electron chi connectivity index (χ1n) is 4.52. The van der Waals surface area contributed by atoms with Crippen molar-refractivity contribution in [1.82, 2.24) is 0 Å². The monoisotopic (exact) mass is 195 g/mol. The Hall–Kier alpha value is -1.58. The molecular weight excluding hydrogens is 182 g/mol. The molecule has 76 valence electrons. The second-order valence-electron chi connectivity index (χ2n) is 3.41. The van der Waals surface area contributed by atoms with Gasteiger partial charge >= 0.3 is 0 Å². The second kappa shape index (κ2) is 3.29. The van der Waals surface area contributed by atoms with Crippen LogP contribution in [0.1, 0.15) is 13.8 Å². The zero-order valence-electron chi connectivity index (χ0n) is 8.24. The lowest BCUT2D eigenvalue weighted by Crippen LogP contribution is -2.07. The molecule has 2 N–H and O–H groups in total. The fraction of sp³-hybridized carbons (Fsp3) is 0.400. The fourth-order valence-electron chi connectivity index (χ4n) is 1.30. The van der Waals surface area contributed by atoms with Crippen LogP contribution in [-0.2, 0) is 0 Å². The van der Waals surface area contributed by atoms with Crippen molar-refractivity contribution in [3.05, 3.63) is 12.1 Å². The minimum atomic E-state index is 0.0951. The smallest absolute Gasteiger partial charge is 0.231 e. The minimum absolute atomic E-state index is 0.0951. The number of hydrogen-bond acceptors (Lipinski definition) is 4. The first-order valence-corrected chi connectivity index (χ1v) is 4.52. The highest BCUT2D eigenvalue weighted by atomic mass is 16.7. The summed E-state index contributed by atoms with van der Waals surface area (Å²) in [6.07, 6.45) is 0.0951. The van der Waals surface area contributed by atoms with Crippen LogP contribution in [0.5, 0.6) is 17.2 Å². The molecule has 0 saturated heterocycles. The number of benzene rings is 1. The van der Waals surface area contributed by atoms with Crippen LogP contribution in [0.3, 0.4) is 0 Å². The molecule has 1 aliphatic heterocycles. The maximum absolute atomic E-state index is 5.78. The first-order chi connectivity index (χ1) is 6.66. The summed E-state index contributed by atoms with van der Waals surface area (Å²) in [6.45, 7) is 4.15. The third-order valence-corrected chi connectivity index (χ3v) is 1.87. The Morgan fingerprint density at radius 2 is 1.93 bits per heavy atom. The molecule has 0 radical (unpaired) electrons. The Bertz CT molecular complexity index is 349. The SMILES string of the molecule is CC(C)Oc1cc2c(cc1N)OCO2. The number of hydrogen-bond donors (Lipinski definition) is 1. The van der Waals surface area contributed by atoms with Crippen LogP contribution < -0.4 is 19.9 Å². The molecule has 0 atom stereocenters. The molecule has 0 aromatic heterocycles. The van der Waals surface area contributed by atoms with Crippen molar-refractivity contribution >= 4 is 5.69 Å². The molecule has 1 heterocycles. The quantitative estimate of drug-likeness (QED) is 0.731. The number of nitrogens with two attached hydrogens (primary N) is 1. The fourth-order valence-corrected chi connectivity index (χ4v) is 1.30. The minimum Gasteiger partial charge on any atom is -0.489 e. The molecular formula is C10H13NO3. The molecule has 0 spiro atoms. The Morgan fingerprint density at radius 1 is 1.29 bits per heavy atom. The van der Waals surface area contributed by atoms with Crippen molar-refractivity contribution in [2.45, 2.75) is 20.0 Å². The molecule has 4 heteroatoms. The van der Waals surface area contributed by atoms with E-state index in [4.69, 9.17) is 19.9 Å². The van der Waals surface area contributed by atoms with Gasteiger partial charge in [0.25, 0.3) is 0 Å². The molecule has 1 aromatic carbocycles. The lowest BCUT2D eigenvalue weighted by atomic mass is 10.2. The Balaban J connectivity index is 2.32. The highest BCUT2D eigenvalue weighted by Gasteiger charge is 2.17. The molecule has 0 fully saturated rings. The maximum atomic E-state index is 5.78. The van der Waals surface area contributed by atoms with Gasteiger partial charge in [-0.25, -0.2) is 0 Å². The summed E-state index contributed by atoms with van der Waals surface area (Å²) in [7, 11) is 0. The summed E-state index contributed by atoms with van der Waals surface area (Å²) in [4.78, 5) is 0. The number of rotatable bonds is 2. The van der Waals surface area contributed by atoms with Gasteiger partial charge in [0.05, 0.1) is 11.8 Å². The van der Waals surface area contributed by atoms with Gasteiger partial charge in [-0.2, -0.15) is 0 Å². The molecule has 14 heavy (non-hydrogen) atoms. The van der Waals surface area contributed by atoms with E-state index in [2.05, 4.69) is 0 Å². The van der Waals surface area contributed by atoms with E-state index in [0.717, 1.165) is 0 Å². The van der Waals surface area contributed by atoms with Crippen LogP contribution >= 0.6 is 0 Å². The average molecular weight is 195 g/mol. The summed E-state index contributed by atoms with van der Waals surface area (Å²) in [5.41, 5.74) is 6.35. The number of anilines is 1. The van der Waals surface area contributed by atoms with Crippen molar-refractivity contribution in [2.24, 2.45) is 0 Å². The lowest BCUT2D eigenvalue weighted by molar-refractivity contribution is 0.173. The molecule has 0 saturated carbocycles. The normalized spacial score (nSPS) is 13.4. The van der Waals surface area contributed by atoms with Crippen LogP contribution in [0.25, 0.3) is 0 Å². The van der Waals surface area contributed by atoms with Gasteiger partial charge in [0, 0.05) is 12.1 Å². The van der Waals surface area contributed by atoms with E-state index >= 15 is 0 Å². The summed E-state index contributed by atoms with van der Waals surface area (Å²) in [5, 5.41) is 0. The molecule has 0 unspecified atom stereocenters. The van der Waals surface area contributed by atoms with E-state index in [9.17, 15) is 0 Å². The predicted octanol–water partition coefficient (Wildman–Crippen LogP) is 1.78. The molecule has 1 aromatic rings. The topological polar surface area (TPSA) is 53.7 Å². The number of nitrogen functional groups attached to an aromatic ring is 1. The molecule has 4 nitrogen and oxygen atoms in total. The van der Waals surface area contributed by atoms with Gasteiger partial charge in [0.15, 0.2) is 11.5 Å². The van der Waals surface area contributed by atoms with E-state index in [1.54, 1.807) is 12.1 Å². The summed E-state index contributed by atoms with van der Waals surface area (Å²) in [5.74, 6) is 2.01. The highest BCUT2D eigenvalue weighted by Crippen LogP contribution is 2.39. The average Bonchev–Trinajstić information content (AvgIpc) is 2.51. The molecule has 0 amide bonds. The maximum Gasteiger partial charge on any atom is 0.231 e. The van der Waals surface area contributed by atoms with Gasteiger partial charge in [-0.1, -0.05) is 0 Å². The Kier molecular flexibility index (Phi) is 2.11. The third kappa shape index (κ3) is 1.55. The third-order valence-electron chi connectivity index (χ3n) is 1.87. The van der Waals surface area contributed by atoms with Crippen LogP contribution in [0.2, 0.25) is 0 Å². The van der Waals surface area contributed by atoms with Gasteiger partial charge in [-0.05, 0) is 13.8 Å². The van der Waals surface area contributed by atoms with Crippen molar-refractivity contribution in [2.75, 3.05) is 12.5 Å². The van der Waals surface area contributed by atoms with Gasteiger partial charge in [-0.3, -0.25) is 0 Å². The van der Waals surface area contributed by atoms with Crippen molar-refractivity contribution < 1.29 is 14.2 Å². The van der Waals surface area contributed by atoms with Crippen molar-refractivity contribution in [3.8, 4) is 17.2 Å². The Morgan fingerprint density at radius 3 is 2.57 bits per heavy atom. The van der Waals surface area contributed by atoms with Crippen LogP contribution in [0, 0.1) is 0 Å². The van der Waals surface area contributed by atoms with E-state index < -0.39 is 0 Å². The lowest BCUT2D eigenvalue weighted by Gasteiger charge is -2.12. The zero-order valence-corrected chi connectivity index (χ0v) is 8.24. The number of ether oxygens (including phenoxy) is 3. The Labute approximate surface area is 82.6 Å². The van der Waals surface area contributed by atoms with Crippen molar-refractivity contribution in [3.63, 3.8) is 0 Å². The largest absolute Gasteiger partial charge is 0.489 e. The summed E-state index contributed by atoms with van der Waals surface area (Å²) in [6, 6.07) is 3.48. The van der Waals surface area contributed by atoms with Gasteiger partial charge in [0.2, 0.25) is 6.79 Å². The highest BCUT2D eigenvalue weighted by molar-refractivity contribution is 5.62. The standard InChI is InChI=1S/C10H13NO3/c1-6(2)14-8-4-10-9(3-7(8)11)12-5-13-10/h3-4,6H,5,11H2,1-2H3.